The van der Waals surface area contributed by atoms with Gasteiger partial charge >= 0.3 is 12.2 Å². The number of hydrogen-bond acceptors (Lipinski definition) is 5. The summed E-state index contributed by atoms with van der Waals surface area (Å²) < 4.78 is 43.4. The van der Waals surface area contributed by atoms with Crippen LogP contribution in [0, 0.1) is 6.92 Å². The Morgan fingerprint density at radius 3 is 2.27 bits per heavy atom. The van der Waals surface area contributed by atoms with Crippen LogP contribution in [0.4, 0.5) is 13.2 Å². The molecular formula is C22H17F3N2O3. The lowest BCUT2D eigenvalue weighted by atomic mass is 9.99. The van der Waals surface area contributed by atoms with Gasteiger partial charge in [-0.25, -0.2) is 9.97 Å². The Bertz CT molecular complexity index is 1050. The van der Waals surface area contributed by atoms with Crippen molar-refractivity contribution in [3.63, 3.8) is 0 Å². The second-order valence-corrected chi connectivity index (χ2v) is 6.62. The molecule has 3 aromatic rings. The highest BCUT2D eigenvalue weighted by atomic mass is 19.4. The number of nitrogens with zero attached hydrogens (tertiary/aromatic N) is 2. The molecule has 0 saturated heterocycles. The third-order valence-corrected chi connectivity index (χ3v) is 4.28. The van der Waals surface area contributed by atoms with Gasteiger partial charge in [0.15, 0.2) is 5.78 Å². The highest BCUT2D eigenvalue weighted by Gasteiger charge is 2.30. The van der Waals surface area contributed by atoms with Crippen molar-refractivity contribution in [2.75, 3.05) is 0 Å². The molecule has 0 spiro atoms. The van der Waals surface area contributed by atoms with Crippen LogP contribution < -0.4 is 4.74 Å². The number of carbonyl (C=O) groups excluding carboxylic acids is 2. The lowest BCUT2D eigenvalue weighted by Crippen LogP contribution is -2.11. The Labute approximate surface area is 170 Å². The van der Waals surface area contributed by atoms with Crippen LogP contribution >= 0.6 is 0 Å². The molecule has 0 aliphatic heterocycles. The van der Waals surface area contributed by atoms with E-state index in [1.165, 1.54) is 0 Å². The molecule has 3 rings (SSSR count). The van der Waals surface area contributed by atoms with Gasteiger partial charge in [0.05, 0.1) is 12.0 Å². The van der Waals surface area contributed by atoms with Gasteiger partial charge < -0.3 is 4.74 Å². The Kier molecular flexibility index (Phi) is 6.25. The maximum Gasteiger partial charge on any atom is 0.416 e. The molecule has 1 heterocycles. The minimum absolute atomic E-state index is 0.0231. The lowest BCUT2D eigenvalue weighted by molar-refractivity contribution is -0.137. The first-order valence-electron chi connectivity index (χ1n) is 8.99. The standard InChI is InChI=1S/C22H17F3N2O3/c1-14-11-15(3-8-20(14)30-21-26-9-2-10-27-21)12-18(28)13-19(29)16-4-6-17(7-5-16)22(23,24)25/h2-11H,12-13H2,1H3. The Balaban J connectivity index is 1.60. The number of carbonyl (C=O) groups is 2. The minimum atomic E-state index is -4.47. The highest BCUT2D eigenvalue weighted by Crippen LogP contribution is 2.29. The van der Waals surface area contributed by atoms with Crippen molar-refractivity contribution in [2.45, 2.75) is 25.9 Å². The summed E-state index contributed by atoms with van der Waals surface area (Å²) in [5.74, 6) is -0.316. The van der Waals surface area contributed by atoms with Crippen LogP contribution in [0.25, 0.3) is 0 Å². The summed E-state index contributed by atoms with van der Waals surface area (Å²) >= 11 is 0. The van der Waals surface area contributed by atoms with Crippen LogP contribution in [0.2, 0.25) is 0 Å². The number of benzene rings is 2. The first-order chi connectivity index (χ1) is 14.2. The number of ketones is 2. The smallest absolute Gasteiger partial charge is 0.416 e. The van der Waals surface area contributed by atoms with Crippen LogP contribution in [0.3, 0.4) is 0 Å². The molecule has 30 heavy (non-hydrogen) atoms. The van der Waals surface area contributed by atoms with Crippen LogP contribution in [0.1, 0.15) is 33.5 Å². The van der Waals surface area contributed by atoms with E-state index in [0.29, 0.717) is 11.3 Å². The molecule has 0 radical (unpaired) electrons. The number of aryl methyl sites for hydroxylation is 1. The van der Waals surface area contributed by atoms with E-state index in [4.69, 9.17) is 4.74 Å². The summed E-state index contributed by atoms with van der Waals surface area (Å²) in [6, 6.07) is 10.8. The average Bonchev–Trinajstić information content (AvgIpc) is 2.70. The summed E-state index contributed by atoms with van der Waals surface area (Å²) in [4.78, 5) is 32.4. The number of Topliss-reactive ketones (excluding diaryl/α,β-unsaturated/α-hetero) is 2. The fourth-order valence-corrected chi connectivity index (χ4v) is 2.79. The van der Waals surface area contributed by atoms with Crippen LogP contribution in [-0.2, 0) is 17.4 Å². The van der Waals surface area contributed by atoms with Crippen molar-refractivity contribution in [3.8, 4) is 11.8 Å². The first-order valence-corrected chi connectivity index (χ1v) is 8.99. The van der Waals surface area contributed by atoms with Gasteiger partial charge in [0.25, 0.3) is 0 Å². The van der Waals surface area contributed by atoms with E-state index in [2.05, 4.69) is 9.97 Å². The van der Waals surface area contributed by atoms with Gasteiger partial charge in [-0.05, 0) is 42.3 Å². The van der Waals surface area contributed by atoms with E-state index >= 15 is 0 Å². The van der Waals surface area contributed by atoms with E-state index < -0.39 is 17.5 Å². The molecule has 0 saturated carbocycles. The van der Waals surface area contributed by atoms with Gasteiger partial charge in [-0.1, -0.05) is 24.3 Å². The monoisotopic (exact) mass is 414 g/mol. The molecule has 0 N–H and O–H groups in total. The second-order valence-electron chi connectivity index (χ2n) is 6.62. The molecule has 8 heteroatoms. The van der Waals surface area contributed by atoms with Crippen molar-refractivity contribution in [1.82, 2.24) is 9.97 Å². The average molecular weight is 414 g/mol. The maximum atomic E-state index is 12.6. The maximum absolute atomic E-state index is 12.6. The number of alkyl halides is 3. The SMILES string of the molecule is Cc1cc(CC(=O)CC(=O)c2ccc(C(F)(F)F)cc2)ccc1Oc1ncccn1. The van der Waals surface area contributed by atoms with Gasteiger partial charge in [0.1, 0.15) is 11.5 Å². The molecule has 0 aliphatic carbocycles. The van der Waals surface area contributed by atoms with Gasteiger partial charge in [-0.15, -0.1) is 0 Å². The van der Waals surface area contributed by atoms with Crippen molar-refractivity contribution in [3.05, 3.63) is 83.2 Å². The summed E-state index contributed by atoms with van der Waals surface area (Å²) in [5, 5.41) is 0. The quantitative estimate of drug-likeness (QED) is 0.403. The van der Waals surface area contributed by atoms with E-state index in [0.717, 1.165) is 29.8 Å². The fourth-order valence-electron chi connectivity index (χ4n) is 2.79. The second kappa shape index (κ2) is 8.86. The fraction of sp³-hybridized carbons (Fsp3) is 0.182. The molecule has 0 amide bonds. The summed E-state index contributed by atoms with van der Waals surface area (Å²) in [6.45, 7) is 1.81. The number of halogens is 3. The largest absolute Gasteiger partial charge is 0.424 e. The number of aromatic nitrogens is 2. The molecular weight excluding hydrogens is 397 g/mol. The zero-order chi connectivity index (χ0) is 21.7. The molecule has 0 fully saturated rings. The van der Waals surface area contributed by atoms with Crippen molar-refractivity contribution >= 4 is 11.6 Å². The van der Waals surface area contributed by atoms with E-state index in [9.17, 15) is 22.8 Å². The normalized spacial score (nSPS) is 11.2. The molecule has 1 aromatic heterocycles. The van der Waals surface area contributed by atoms with Gasteiger partial charge in [0, 0.05) is 24.4 Å². The van der Waals surface area contributed by atoms with Crippen LogP contribution in [0.15, 0.2) is 60.9 Å². The van der Waals surface area contributed by atoms with Crippen molar-refractivity contribution in [2.24, 2.45) is 0 Å². The lowest BCUT2D eigenvalue weighted by Gasteiger charge is -2.09. The van der Waals surface area contributed by atoms with Crippen LogP contribution in [0.5, 0.6) is 11.8 Å². The molecule has 154 valence electrons. The zero-order valence-electron chi connectivity index (χ0n) is 15.9. The molecule has 0 atom stereocenters. The van der Waals surface area contributed by atoms with Crippen molar-refractivity contribution < 1.29 is 27.5 Å². The van der Waals surface area contributed by atoms with Gasteiger partial charge in [0.2, 0.25) is 0 Å². The number of rotatable bonds is 7. The number of hydrogen-bond donors (Lipinski definition) is 0. The summed E-state index contributed by atoms with van der Waals surface area (Å²) in [5.41, 5.74) is 0.684. The number of ether oxygens (including phenoxy) is 1. The van der Waals surface area contributed by atoms with Crippen LogP contribution in [-0.4, -0.2) is 21.5 Å². The van der Waals surface area contributed by atoms with Gasteiger partial charge in [-0.2, -0.15) is 13.2 Å². The minimum Gasteiger partial charge on any atom is -0.424 e. The van der Waals surface area contributed by atoms with E-state index in [1.54, 1.807) is 43.6 Å². The van der Waals surface area contributed by atoms with Gasteiger partial charge in [-0.3, -0.25) is 9.59 Å². The molecule has 2 aromatic carbocycles. The topological polar surface area (TPSA) is 69.2 Å². The van der Waals surface area contributed by atoms with E-state index in [1.807, 2.05) is 0 Å². The predicted molar refractivity (Wildman–Crippen MR) is 102 cm³/mol. The molecule has 5 nitrogen and oxygen atoms in total. The first kappa shape index (κ1) is 21.2. The summed E-state index contributed by atoms with van der Waals surface area (Å²) in [6.07, 6.45) is -1.73. The highest BCUT2D eigenvalue weighted by molar-refractivity contribution is 6.08. The third kappa shape index (κ3) is 5.50. The zero-order valence-corrected chi connectivity index (χ0v) is 15.9. The predicted octanol–water partition coefficient (Wildman–Crippen LogP) is 4.98. The third-order valence-electron chi connectivity index (χ3n) is 4.28. The molecule has 0 bridgehead atoms. The Hall–Kier alpha value is -3.55. The molecule has 0 unspecified atom stereocenters. The van der Waals surface area contributed by atoms with Crippen molar-refractivity contribution in [1.29, 1.82) is 0 Å². The van der Waals surface area contributed by atoms with E-state index in [-0.39, 0.29) is 30.2 Å². The summed E-state index contributed by atoms with van der Waals surface area (Å²) in [7, 11) is 0. The Morgan fingerprint density at radius 1 is 1.00 bits per heavy atom. The molecule has 0 aliphatic rings. The Morgan fingerprint density at radius 2 is 1.67 bits per heavy atom.